The Labute approximate surface area is 178 Å². The van der Waals surface area contributed by atoms with Crippen LogP contribution in [0.1, 0.15) is 43.6 Å². The van der Waals surface area contributed by atoms with E-state index in [1.54, 1.807) is 57.2 Å². The van der Waals surface area contributed by atoms with Crippen LogP contribution in [0.5, 0.6) is 0 Å². The zero-order chi connectivity index (χ0) is 22.3. The van der Waals surface area contributed by atoms with Gasteiger partial charge in [0.25, 0.3) is 5.91 Å². The highest BCUT2D eigenvalue weighted by molar-refractivity contribution is 7.46. The molecule has 0 aromatic heterocycles. The van der Waals surface area contributed by atoms with Crippen LogP contribution in [0.15, 0.2) is 48.5 Å². The van der Waals surface area contributed by atoms with Gasteiger partial charge in [0.15, 0.2) is 0 Å². The number of anilines is 1. The summed E-state index contributed by atoms with van der Waals surface area (Å²) >= 11 is 0. The number of hydrogen-bond donors (Lipinski definition) is 2. The zero-order valence-electron chi connectivity index (χ0n) is 17.9. The standard InChI is InChI=1S/C22H28N3O4P/c1-6-15-9-7-11-17(13-15)25(24-21(28)29-22(2,3)4)20(27)23-19(26)16-10-8-12-18(14-16)30-5/h7-14,30H,6H2,1-5H3,(H,24,28)(H,23,26,27). The number of nitrogens with zero attached hydrogens (tertiary/aromatic N) is 1. The number of imide groups is 1. The van der Waals surface area contributed by atoms with Gasteiger partial charge in [0, 0.05) is 5.56 Å². The van der Waals surface area contributed by atoms with Gasteiger partial charge in [-0.3, -0.25) is 10.1 Å². The third-order valence-electron chi connectivity index (χ3n) is 4.02. The number of aryl methyl sites for hydroxylation is 1. The molecule has 8 heteroatoms. The van der Waals surface area contributed by atoms with E-state index in [1.165, 1.54) is 0 Å². The van der Waals surface area contributed by atoms with Crippen LogP contribution in [0.3, 0.4) is 0 Å². The van der Waals surface area contributed by atoms with E-state index in [1.807, 2.05) is 25.7 Å². The van der Waals surface area contributed by atoms with Gasteiger partial charge in [0.05, 0.1) is 5.69 Å². The Morgan fingerprint density at radius 2 is 1.77 bits per heavy atom. The first-order valence-electron chi connectivity index (χ1n) is 9.64. The number of carbonyl (C=O) groups is 3. The van der Waals surface area contributed by atoms with Gasteiger partial charge in [-0.2, -0.15) is 5.01 Å². The molecule has 0 bridgehead atoms. The number of amides is 4. The van der Waals surface area contributed by atoms with E-state index in [0.29, 0.717) is 19.8 Å². The molecule has 2 aromatic carbocycles. The predicted molar refractivity (Wildman–Crippen MR) is 121 cm³/mol. The maximum absolute atomic E-state index is 12.9. The molecule has 0 spiro atoms. The molecule has 7 nitrogen and oxygen atoms in total. The topological polar surface area (TPSA) is 87.7 Å². The number of hydrogen-bond acceptors (Lipinski definition) is 4. The highest BCUT2D eigenvalue weighted by atomic mass is 31.1. The van der Waals surface area contributed by atoms with Crippen LogP contribution in [0.25, 0.3) is 0 Å². The normalized spacial score (nSPS) is 11.2. The molecule has 0 aliphatic carbocycles. The van der Waals surface area contributed by atoms with Crippen molar-refractivity contribution in [2.75, 3.05) is 11.7 Å². The summed E-state index contributed by atoms with van der Waals surface area (Å²) in [6.45, 7) is 9.16. The molecule has 0 saturated heterocycles. The largest absolute Gasteiger partial charge is 0.443 e. The van der Waals surface area contributed by atoms with Gasteiger partial charge in [0.1, 0.15) is 5.60 Å². The second kappa shape index (κ2) is 10.2. The second-order valence-electron chi connectivity index (χ2n) is 7.56. The lowest BCUT2D eigenvalue weighted by Gasteiger charge is -2.26. The molecule has 2 aromatic rings. The third-order valence-corrected chi connectivity index (χ3v) is 4.90. The van der Waals surface area contributed by atoms with Crippen molar-refractivity contribution in [3.05, 3.63) is 59.7 Å². The minimum absolute atomic E-state index is 0.370. The summed E-state index contributed by atoms with van der Waals surface area (Å²) in [5, 5.41) is 4.32. The van der Waals surface area contributed by atoms with Crippen LogP contribution in [-0.4, -0.2) is 30.3 Å². The van der Waals surface area contributed by atoms with Crippen LogP contribution in [0.4, 0.5) is 15.3 Å². The maximum Gasteiger partial charge on any atom is 0.427 e. The predicted octanol–water partition coefficient (Wildman–Crippen LogP) is 3.98. The fourth-order valence-corrected chi connectivity index (χ4v) is 3.14. The number of rotatable bonds is 4. The maximum atomic E-state index is 12.9. The van der Waals surface area contributed by atoms with Gasteiger partial charge in [-0.05, 0) is 69.0 Å². The van der Waals surface area contributed by atoms with E-state index in [0.717, 1.165) is 22.3 Å². The van der Waals surface area contributed by atoms with Crippen molar-refractivity contribution >= 4 is 37.6 Å². The molecular formula is C22H28N3O4P. The fraction of sp³-hybridized carbons (Fsp3) is 0.318. The number of ether oxygens (including phenoxy) is 1. The molecule has 1 unspecified atom stereocenters. The molecule has 160 valence electrons. The fourth-order valence-electron chi connectivity index (χ4n) is 2.58. The lowest BCUT2D eigenvalue weighted by Crippen LogP contribution is -2.53. The monoisotopic (exact) mass is 429 g/mol. The zero-order valence-corrected chi connectivity index (χ0v) is 18.9. The summed E-state index contributed by atoms with van der Waals surface area (Å²) in [6, 6.07) is 13.4. The van der Waals surface area contributed by atoms with Crippen molar-refractivity contribution in [2.24, 2.45) is 0 Å². The number of hydrazine groups is 1. The van der Waals surface area contributed by atoms with E-state index >= 15 is 0 Å². The van der Waals surface area contributed by atoms with Gasteiger partial charge in [-0.1, -0.05) is 39.8 Å². The summed E-state index contributed by atoms with van der Waals surface area (Å²) in [7, 11) is 0.528. The van der Waals surface area contributed by atoms with Crippen LogP contribution < -0.4 is 21.1 Å². The van der Waals surface area contributed by atoms with E-state index in [-0.39, 0.29) is 0 Å². The van der Waals surface area contributed by atoms with Crippen molar-refractivity contribution in [1.82, 2.24) is 10.7 Å². The molecule has 4 amide bonds. The molecule has 0 radical (unpaired) electrons. The molecule has 2 N–H and O–H groups in total. The smallest absolute Gasteiger partial charge is 0.427 e. The SMILES string of the molecule is CCc1cccc(N(NC(=O)OC(C)(C)C)C(=O)NC(=O)c2cccc(PC)c2)c1. The van der Waals surface area contributed by atoms with Gasteiger partial charge >= 0.3 is 12.1 Å². The average molecular weight is 429 g/mol. The van der Waals surface area contributed by atoms with Crippen LogP contribution in [0.2, 0.25) is 0 Å². The number of nitrogens with one attached hydrogen (secondary N) is 2. The summed E-state index contributed by atoms with van der Waals surface area (Å²) < 4.78 is 5.26. The highest BCUT2D eigenvalue weighted by Gasteiger charge is 2.24. The van der Waals surface area contributed by atoms with Crippen molar-refractivity contribution in [3.63, 3.8) is 0 Å². The van der Waals surface area contributed by atoms with Crippen LogP contribution in [-0.2, 0) is 11.2 Å². The Morgan fingerprint density at radius 3 is 2.40 bits per heavy atom. The minimum atomic E-state index is -0.804. The van der Waals surface area contributed by atoms with E-state index in [2.05, 4.69) is 10.7 Å². The minimum Gasteiger partial charge on any atom is -0.443 e. The molecule has 0 aliphatic rings. The van der Waals surface area contributed by atoms with Crippen LogP contribution >= 0.6 is 8.58 Å². The van der Waals surface area contributed by atoms with Crippen molar-refractivity contribution in [2.45, 2.75) is 39.7 Å². The summed E-state index contributed by atoms with van der Waals surface area (Å²) in [5.74, 6) is -0.553. The second-order valence-corrected chi connectivity index (χ2v) is 8.64. The first kappa shape index (κ1) is 23.4. The van der Waals surface area contributed by atoms with Gasteiger partial charge in [-0.15, -0.1) is 0 Å². The molecule has 0 aliphatic heterocycles. The van der Waals surface area contributed by atoms with Crippen molar-refractivity contribution in [3.8, 4) is 0 Å². The molecule has 0 fully saturated rings. The van der Waals surface area contributed by atoms with Crippen LogP contribution in [0, 0.1) is 0 Å². The van der Waals surface area contributed by atoms with Crippen molar-refractivity contribution < 1.29 is 19.1 Å². The highest BCUT2D eigenvalue weighted by Crippen LogP contribution is 2.17. The lowest BCUT2D eigenvalue weighted by molar-refractivity contribution is 0.0523. The summed E-state index contributed by atoms with van der Waals surface area (Å²) in [5.41, 5.74) is 3.44. The summed E-state index contributed by atoms with van der Waals surface area (Å²) in [6.07, 6.45) is -0.0552. The number of benzene rings is 2. The third kappa shape index (κ3) is 6.85. The Bertz CT molecular complexity index is 925. The molecular weight excluding hydrogens is 401 g/mol. The average Bonchev–Trinajstić information content (AvgIpc) is 2.70. The number of carbonyl (C=O) groups excluding carboxylic acids is 3. The van der Waals surface area contributed by atoms with E-state index in [9.17, 15) is 14.4 Å². The lowest BCUT2D eigenvalue weighted by atomic mass is 10.1. The van der Waals surface area contributed by atoms with E-state index in [4.69, 9.17) is 4.74 Å². The summed E-state index contributed by atoms with van der Waals surface area (Å²) in [4.78, 5) is 37.8. The molecule has 0 saturated carbocycles. The Morgan fingerprint density at radius 1 is 1.07 bits per heavy atom. The Kier molecular flexibility index (Phi) is 7.95. The van der Waals surface area contributed by atoms with E-state index < -0.39 is 23.6 Å². The number of urea groups is 1. The Hall–Kier alpha value is -2.92. The first-order chi connectivity index (χ1) is 14.1. The van der Waals surface area contributed by atoms with Gasteiger partial charge in [-0.25, -0.2) is 15.0 Å². The quantitative estimate of drug-likeness (QED) is 0.569. The van der Waals surface area contributed by atoms with Gasteiger partial charge in [0.2, 0.25) is 0 Å². The first-order valence-corrected chi connectivity index (χ1v) is 11.1. The van der Waals surface area contributed by atoms with Gasteiger partial charge < -0.3 is 4.74 Å². The molecule has 1 atom stereocenters. The molecule has 30 heavy (non-hydrogen) atoms. The molecule has 0 heterocycles. The Balaban J connectivity index is 2.26. The molecule has 2 rings (SSSR count). The van der Waals surface area contributed by atoms with Crippen molar-refractivity contribution in [1.29, 1.82) is 0 Å².